The first-order valence-corrected chi connectivity index (χ1v) is 5.88. The molecule has 0 amide bonds. The molecule has 1 aliphatic rings. The first-order chi connectivity index (χ1) is 7.88. The molecule has 1 aliphatic carbocycles. The lowest BCUT2D eigenvalue weighted by Gasteiger charge is -2.16. The smallest absolute Gasteiger partial charge is 0.324 e. The van der Waals surface area contributed by atoms with E-state index < -0.39 is 17.8 Å². The summed E-state index contributed by atoms with van der Waals surface area (Å²) in [6.07, 6.45) is -1.41. The highest BCUT2D eigenvalue weighted by atomic mass is 35.5. The molecule has 1 nitrogen and oxygen atoms in total. The second kappa shape index (κ2) is 5.68. The first kappa shape index (κ1) is 15.6. The lowest BCUT2D eigenvalue weighted by atomic mass is 10.00. The highest BCUT2D eigenvalue weighted by molar-refractivity contribution is 6.31. The minimum Gasteiger partial charge on any atom is -0.324 e. The Kier molecular flexibility index (Phi) is 4.92. The molecule has 0 unspecified atom stereocenters. The quantitative estimate of drug-likeness (QED) is 0.868. The molecule has 1 aromatic carbocycles. The van der Waals surface area contributed by atoms with Crippen LogP contribution in [-0.4, -0.2) is 0 Å². The van der Waals surface area contributed by atoms with E-state index in [1.54, 1.807) is 0 Å². The second-order valence-corrected chi connectivity index (χ2v) is 4.93. The number of hydrogen-bond acceptors (Lipinski definition) is 1. The van der Waals surface area contributed by atoms with Gasteiger partial charge in [-0.25, -0.2) is 0 Å². The van der Waals surface area contributed by atoms with Crippen LogP contribution in [0.5, 0.6) is 0 Å². The lowest BCUT2D eigenvalue weighted by Crippen LogP contribution is -2.14. The molecule has 2 N–H and O–H groups in total. The molecule has 0 aromatic heterocycles. The number of nitrogens with two attached hydrogens (primary N) is 1. The molecule has 1 aromatic rings. The van der Waals surface area contributed by atoms with Crippen molar-refractivity contribution < 1.29 is 13.2 Å². The summed E-state index contributed by atoms with van der Waals surface area (Å²) in [6.45, 7) is 0. The summed E-state index contributed by atoms with van der Waals surface area (Å²) in [5.74, 6) is 0.551. The zero-order valence-corrected chi connectivity index (χ0v) is 11.1. The summed E-state index contributed by atoms with van der Waals surface area (Å²) in [5.41, 5.74) is 5.60. The van der Waals surface area contributed by atoms with E-state index in [0.717, 1.165) is 25.0 Å². The molecule has 0 spiro atoms. The summed E-state index contributed by atoms with van der Waals surface area (Å²) in [7, 11) is 0. The van der Waals surface area contributed by atoms with Gasteiger partial charge < -0.3 is 5.73 Å². The normalized spacial score (nSPS) is 17.2. The van der Waals surface area contributed by atoms with Gasteiger partial charge in [0.05, 0.1) is 5.56 Å². The van der Waals surface area contributed by atoms with Crippen LogP contribution in [0.2, 0.25) is 5.02 Å². The molecule has 0 radical (unpaired) electrons. The average Bonchev–Trinajstić information content (AvgIpc) is 3.00. The van der Waals surface area contributed by atoms with Crippen molar-refractivity contribution in [2.45, 2.75) is 31.5 Å². The van der Waals surface area contributed by atoms with Crippen molar-refractivity contribution in [3.8, 4) is 0 Å². The number of benzene rings is 1. The standard InChI is InChI=1S/C12H13ClF3N.ClH/c13-10-4-3-8(12(14,15)16)6-9(10)11(17)5-7-1-2-7;/h3-4,6-7,11H,1-2,5,17H2;1H/t11-;/m1./s1. The first-order valence-electron chi connectivity index (χ1n) is 5.50. The van der Waals surface area contributed by atoms with Crippen LogP contribution in [-0.2, 0) is 6.18 Å². The van der Waals surface area contributed by atoms with Gasteiger partial charge in [-0.2, -0.15) is 13.2 Å². The largest absolute Gasteiger partial charge is 0.416 e. The number of rotatable bonds is 3. The van der Waals surface area contributed by atoms with Crippen molar-refractivity contribution in [2.24, 2.45) is 11.7 Å². The van der Waals surface area contributed by atoms with Crippen molar-refractivity contribution in [3.63, 3.8) is 0 Å². The summed E-state index contributed by atoms with van der Waals surface area (Å²) in [6, 6.07) is 2.91. The van der Waals surface area contributed by atoms with Crippen molar-refractivity contribution in [1.82, 2.24) is 0 Å². The Morgan fingerprint density at radius 3 is 2.44 bits per heavy atom. The third kappa shape index (κ3) is 3.77. The Hall–Kier alpha value is -0.450. The van der Waals surface area contributed by atoms with Gasteiger partial charge in [0.1, 0.15) is 0 Å². The van der Waals surface area contributed by atoms with Crippen molar-refractivity contribution in [2.75, 3.05) is 0 Å². The van der Waals surface area contributed by atoms with Crippen LogP contribution in [0.15, 0.2) is 18.2 Å². The molecule has 1 fully saturated rings. The summed E-state index contributed by atoms with van der Waals surface area (Å²) < 4.78 is 37.7. The molecule has 0 bridgehead atoms. The van der Waals surface area contributed by atoms with E-state index in [2.05, 4.69) is 0 Å². The Morgan fingerprint density at radius 1 is 1.33 bits per heavy atom. The molecule has 1 atom stereocenters. The number of hydrogen-bond donors (Lipinski definition) is 1. The fourth-order valence-corrected chi connectivity index (χ4v) is 2.10. The molecular weight excluding hydrogens is 286 g/mol. The van der Waals surface area contributed by atoms with Gasteiger partial charge in [-0.15, -0.1) is 12.4 Å². The second-order valence-electron chi connectivity index (χ2n) is 4.52. The number of halogens is 5. The van der Waals surface area contributed by atoms with Crippen LogP contribution in [0.25, 0.3) is 0 Å². The number of alkyl halides is 3. The van der Waals surface area contributed by atoms with Crippen LogP contribution in [0.4, 0.5) is 13.2 Å². The van der Waals surface area contributed by atoms with Crippen LogP contribution < -0.4 is 5.73 Å². The topological polar surface area (TPSA) is 26.0 Å². The van der Waals surface area contributed by atoms with E-state index in [-0.39, 0.29) is 12.4 Å². The van der Waals surface area contributed by atoms with E-state index in [0.29, 0.717) is 22.9 Å². The van der Waals surface area contributed by atoms with Gasteiger partial charge in [-0.3, -0.25) is 0 Å². The lowest BCUT2D eigenvalue weighted by molar-refractivity contribution is -0.137. The summed E-state index contributed by atoms with van der Waals surface area (Å²) in [4.78, 5) is 0. The van der Waals surface area contributed by atoms with E-state index in [9.17, 15) is 13.2 Å². The van der Waals surface area contributed by atoms with Crippen molar-refractivity contribution in [1.29, 1.82) is 0 Å². The third-order valence-electron chi connectivity index (χ3n) is 3.01. The third-order valence-corrected chi connectivity index (χ3v) is 3.35. The average molecular weight is 300 g/mol. The van der Waals surface area contributed by atoms with Gasteiger partial charge in [0, 0.05) is 11.1 Å². The van der Waals surface area contributed by atoms with Gasteiger partial charge in [0.15, 0.2) is 0 Å². The van der Waals surface area contributed by atoms with Gasteiger partial charge in [0.2, 0.25) is 0 Å². The molecule has 0 aliphatic heterocycles. The van der Waals surface area contributed by atoms with E-state index in [4.69, 9.17) is 17.3 Å². The molecule has 0 heterocycles. The predicted octanol–water partition coefficient (Wildman–Crippen LogP) is 4.58. The Bertz CT molecular complexity index is 416. The van der Waals surface area contributed by atoms with E-state index in [1.165, 1.54) is 6.07 Å². The van der Waals surface area contributed by atoms with Gasteiger partial charge in [-0.05, 0) is 36.1 Å². The molecule has 18 heavy (non-hydrogen) atoms. The van der Waals surface area contributed by atoms with Gasteiger partial charge in [0.25, 0.3) is 0 Å². The minimum absolute atomic E-state index is 0. The van der Waals surface area contributed by atoms with Crippen molar-refractivity contribution >= 4 is 24.0 Å². The van der Waals surface area contributed by atoms with Crippen LogP contribution >= 0.6 is 24.0 Å². The van der Waals surface area contributed by atoms with Crippen molar-refractivity contribution in [3.05, 3.63) is 34.3 Å². The van der Waals surface area contributed by atoms with Crippen LogP contribution in [0.1, 0.15) is 36.4 Å². The maximum absolute atomic E-state index is 12.6. The van der Waals surface area contributed by atoms with E-state index >= 15 is 0 Å². The monoisotopic (exact) mass is 299 g/mol. The maximum atomic E-state index is 12.6. The molecule has 2 rings (SSSR count). The van der Waals surface area contributed by atoms with Gasteiger partial charge in [-0.1, -0.05) is 24.4 Å². The Labute approximate surface area is 115 Å². The molecule has 0 saturated heterocycles. The Morgan fingerprint density at radius 2 is 1.94 bits per heavy atom. The van der Waals surface area contributed by atoms with E-state index in [1.807, 2.05) is 0 Å². The molecule has 102 valence electrons. The molecule has 6 heteroatoms. The van der Waals surface area contributed by atoms with Crippen LogP contribution in [0, 0.1) is 5.92 Å². The predicted molar refractivity (Wildman–Crippen MR) is 68.0 cm³/mol. The maximum Gasteiger partial charge on any atom is 0.416 e. The zero-order chi connectivity index (χ0) is 12.6. The summed E-state index contributed by atoms with van der Waals surface area (Å²) in [5, 5.41) is 0.311. The highest BCUT2D eigenvalue weighted by Gasteiger charge is 2.32. The summed E-state index contributed by atoms with van der Waals surface area (Å²) >= 11 is 5.90. The Balaban J connectivity index is 0.00000162. The minimum atomic E-state index is -4.35. The highest BCUT2D eigenvalue weighted by Crippen LogP contribution is 2.39. The fraction of sp³-hybridized carbons (Fsp3) is 0.500. The zero-order valence-electron chi connectivity index (χ0n) is 9.51. The molecular formula is C12H14Cl2F3N. The fourth-order valence-electron chi connectivity index (χ4n) is 1.84. The van der Waals surface area contributed by atoms with Gasteiger partial charge >= 0.3 is 6.18 Å². The van der Waals surface area contributed by atoms with Crippen LogP contribution in [0.3, 0.4) is 0 Å². The molecule has 1 saturated carbocycles. The SMILES string of the molecule is Cl.N[C@H](CC1CC1)c1cc(C(F)(F)F)ccc1Cl.